The highest BCUT2D eigenvalue weighted by Gasteiger charge is 2.29. The van der Waals surface area contributed by atoms with Gasteiger partial charge in [-0.05, 0) is 43.7 Å². The Kier molecular flexibility index (Phi) is 4.13. The Balaban J connectivity index is 1.76. The first-order valence-corrected chi connectivity index (χ1v) is 6.31. The molecule has 0 radical (unpaired) electrons. The molecule has 2 unspecified atom stereocenters. The molecule has 2 atom stereocenters. The van der Waals surface area contributed by atoms with Gasteiger partial charge in [-0.2, -0.15) is 0 Å². The SMILES string of the molecule is CC(Cc1ccccc1F)NCC(O)C1CC1. The fraction of sp³-hybridized carbons (Fsp3) is 0.571. The first kappa shape index (κ1) is 12.5. The van der Waals surface area contributed by atoms with E-state index in [4.69, 9.17) is 0 Å². The number of aliphatic hydroxyl groups is 1. The molecule has 0 amide bonds. The van der Waals surface area contributed by atoms with Crippen LogP contribution in [0, 0.1) is 11.7 Å². The molecule has 0 saturated heterocycles. The van der Waals surface area contributed by atoms with Crippen molar-refractivity contribution in [3.63, 3.8) is 0 Å². The van der Waals surface area contributed by atoms with Gasteiger partial charge in [0, 0.05) is 12.6 Å². The highest BCUT2D eigenvalue weighted by molar-refractivity contribution is 5.18. The normalized spacial score (nSPS) is 19.0. The minimum absolute atomic E-state index is 0.149. The van der Waals surface area contributed by atoms with E-state index in [0.717, 1.165) is 18.4 Å². The van der Waals surface area contributed by atoms with Crippen LogP contribution in [0.3, 0.4) is 0 Å². The average molecular weight is 237 g/mol. The molecule has 1 aliphatic carbocycles. The van der Waals surface area contributed by atoms with E-state index in [1.165, 1.54) is 6.07 Å². The molecule has 1 aliphatic rings. The van der Waals surface area contributed by atoms with Gasteiger partial charge in [0.1, 0.15) is 5.82 Å². The highest BCUT2D eigenvalue weighted by atomic mass is 19.1. The van der Waals surface area contributed by atoms with E-state index in [2.05, 4.69) is 5.32 Å². The molecule has 2 nitrogen and oxygen atoms in total. The molecule has 1 aromatic carbocycles. The zero-order valence-corrected chi connectivity index (χ0v) is 10.2. The smallest absolute Gasteiger partial charge is 0.126 e. The van der Waals surface area contributed by atoms with Crippen molar-refractivity contribution in [2.45, 2.75) is 38.3 Å². The molecule has 0 heterocycles. The largest absolute Gasteiger partial charge is 0.392 e. The van der Waals surface area contributed by atoms with Crippen LogP contribution in [0.25, 0.3) is 0 Å². The molecule has 1 fully saturated rings. The summed E-state index contributed by atoms with van der Waals surface area (Å²) < 4.78 is 13.4. The molecule has 0 aromatic heterocycles. The Labute approximate surface area is 102 Å². The topological polar surface area (TPSA) is 32.3 Å². The van der Waals surface area contributed by atoms with Crippen LogP contribution in [0.4, 0.5) is 4.39 Å². The maximum absolute atomic E-state index is 13.4. The molecule has 3 heteroatoms. The summed E-state index contributed by atoms with van der Waals surface area (Å²) in [5.74, 6) is 0.340. The van der Waals surface area contributed by atoms with E-state index in [1.807, 2.05) is 19.1 Å². The van der Waals surface area contributed by atoms with Gasteiger partial charge in [-0.15, -0.1) is 0 Å². The third kappa shape index (κ3) is 3.79. The van der Waals surface area contributed by atoms with Crippen molar-refractivity contribution in [2.75, 3.05) is 6.54 Å². The Morgan fingerprint density at radius 2 is 2.12 bits per heavy atom. The van der Waals surface area contributed by atoms with Crippen LogP contribution in [0.5, 0.6) is 0 Å². The van der Waals surface area contributed by atoms with Gasteiger partial charge in [-0.1, -0.05) is 18.2 Å². The summed E-state index contributed by atoms with van der Waals surface area (Å²) in [6.45, 7) is 2.63. The fourth-order valence-electron chi connectivity index (χ4n) is 2.04. The standard InChI is InChI=1S/C14H20FNO/c1-10(16-9-14(17)11-6-7-11)8-12-4-2-3-5-13(12)15/h2-5,10-11,14,16-17H,6-9H2,1H3. The predicted octanol–water partition coefficient (Wildman–Crippen LogP) is 2.12. The van der Waals surface area contributed by atoms with Gasteiger partial charge in [0.25, 0.3) is 0 Å². The summed E-state index contributed by atoms with van der Waals surface area (Å²) in [6, 6.07) is 7.03. The fourth-order valence-corrected chi connectivity index (χ4v) is 2.04. The van der Waals surface area contributed by atoms with Crippen LogP contribution < -0.4 is 5.32 Å². The third-order valence-electron chi connectivity index (χ3n) is 3.33. The Bertz CT molecular complexity index is 365. The monoisotopic (exact) mass is 237 g/mol. The van der Waals surface area contributed by atoms with Crippen molar-refractivity contribution in [3.8, 4) is 0 Å². The quantitative estimate of drug-likeness (QED) is 0.794. The van der Waals surface area contributed by atoms with Crippen LogP contribution in [0.15, 0.2) is 24.3 Å². The number of aliphatic hydroxyl groups excluding tert-OH is 1. The van der Waals surface area contributed by atoms with Crippen LogP contribution in [0.1, 0.15) is 25.3 Å². The van der Waals surface area contributed by atoms with Gasteiger partial charge in [-0.3, -0.25) is 0 Å². The molecular weight excluding hydrogens is 217 g/mol. The van der Waals surface area contributed by atoms with E-state index in [-0.39, 0.29) is 18.0 Å². The Hall–Kier alpha value is -0.930. The molecule has 17 heavy (non-hydrogen) atoms. The molecule has 1 aromatic rings. The number of hydrogen-bond donors (Lipinski definition) is 2. The number of rotatable bonds is 6. The maximum atomic E-state index is 13.4. The zero-order valence-electron chi connectivity index (χ0n) is 10.2. The summed E-state index contributed by atoms with van der Waals surface area (Å²) >= 11 is 0. The summed E-state index contributed by atoms with van der Waals surface area (Å²) in [5, 5.41) is 13.0. The summed E-state index contributed by atoms with van der Waals surface area (Å²) in [5.41, 5.74) is 0.730. The lowest BCUT2D eigenvalue weighted by Gasteiger charge is -2.17. The van der Waals surface area contributed by atoms with Crippen LogP contribution in [-0.2, 0) is 6.42 Å². The van der Waals surface area contributed by atoms with Crippen molar-refractivity contribution in [1.29, 1.82) is 0 Å². The van der Waals surface area contributed by atoms with Gasteiger partial charge < -0.3 is 10.4 Å². The van der Waals surface area contributed by atoms with E-state index >= 15 is 0 Å². The van der Waals surface area contributed by atoms with Crippen molar-refractivity contribution in [1.82, 2.24) is 5.32 Å². The molecular formula is C14H20FNO. The van der Waals surface area contributed by atoms with E-state index in [9.17, 15) is 9.50 Å². The highest BCUT2D eigenvalue weighted by Crippen LogP contribution is 2.32. The van der Waals surface area contributed by atoms with Crippen molar-refractivity contribution >= 4 is 0 Å². The molecule has 0 bridgehead atoms. The average Bonchev–Trinajstić information content (AvgIpc) is 3.13. The second-order valence-corrected chi connectivity index (χ2v) is 5.01. The summed E-state index contributed by atoms with van der Waals surface area (Å²) in [6.07, 6.45) is 2.71. The lowest BCUT2D eigenvalue weighted by molar-refractivity contribution is 0.145. The number of benzene rings is 1. The lowest BCUT2D eigenvalue weighted by atomic mass is 10.1. The van der Waals surface area contributed by atoms with E-state index in [1.54, 1.807) is 6.07 Å². The zero-order chi connectivity index (χ0) is 12.3. The Morgan fingerprint density at radius 1 is 1.41 bits per heavy atom. The molecule has 2 N–H and O–H groups in total. The minimum atomic E-state index is -0.238. The van der Waals surface area contributed by atoms with Gasteiger partial charge in [-0.25, -0.2) is 4.39 Å². The lowest BCUT2D eigenvalue weighted by Crippen LogP contribution is -2.36. The van der Waals surface area contributed by atoms with Gasteiger partial charge >= 0.3 is 0 Å². The van der Waals surface area contributed by atoms with E-state index < -0.39 is 0 Å². The number of nitrogens with one attached hydrogen (secondary N) is 1. The second-order valence-electron chi connectivity index (χ2n) is 5.01. The third-order valence-corrected chi connectivity index (χ3v) is 3.33. The molecule has 2 rings (SSSR count). The van der Waals surface area contributed by atoms with Crippen LogP contribution >= 0.6 is 0 Å². The maximum Gasteiger partial charge on any atom is 0.126 e. The predicted molar refractivity (Wildman–Crippen MR) is 66.3 cm³/mol. The van der Waals surface area contributed by atoms with Gasteiger partial charge in [0.05, 0.1) is 6.10 Å². The number of halogens is 1. The summed E-state index contributed by atoms with van der Waals surface area (Å²) in [7, 11) is 0. The number of hydrogen-bond acceptors (Lipinski definition) is 2. The van der Waals surface area contributed by atoms with Crippen molar-refractivity contribution in [2.24, 2.45) is 5.92 Å². The Morgan fingerprint density at radius 3 is 2.76 bits per heavy atom. The van der Waals surface area contributed by atoms with E-state index in [0.29, 0.717) is 18.9 Å². The minimum Gasteiger partial charge on any atom is -0.392 e. The molecule has 0 spiro atoms. The van der Waals surface area contributed by atoms with Crippen LogP contribution in [-0.4, -0.2) is 23.8 Å². The van der Waals surface area contributed by atoms with Gasteiger partial charge in [0.2, 0.25) is 0 Å². The van der Waals surface area contributed by atoms with Crippen molar-refractivity contribution in [3.05, 3.63) is 35.6 Å². The molecule has 0 aliphatic heterocycles. The molecule has 1 saturated carbocycles. The second kappa shape index (κ2) is 5.61. The first-order chi connectivity index (χ1) is 8.16. The molecule has 94 valence electrons. The van der Waals surface area contributed by atoms with Gasteiger partial charge in [0.15, 0.2) is 0 Å². The van der Waals surface area contributed by atoms with Crippen molar-refractivity contribution < 1.29 is 9.50 Å². The summed E-state index contributed by atoms with van der Waals surface area (Å²) in [4.78, 5) is 0. The van der Waals surface area contributed by atoms with Crippen LogP contribution in [0.2, 0.25) is 0 Å². The first-order valence-electron chi connectivity index (χ1n) is 6.31.